The molecule has 11 N–H and O–H groups in total. The Hall–Kier alpha value is -2.92. The van der Waals surface area contributed by atoms with Crippen LogP contribution in [0.1, 0.15) is 19.1 Å². The summed E-state index contributed by atoms with van der Waals surface area (Å²) in [7, 11) is -5.43. The number of nitrogen functional groups attached to an aromatic ring is 1. The topological polar surface area (TPSA) is 340 Å². The number of nitrogens with one attached hydrogen (secondary N) is 1. The summed E-state index contributed by atoms with van der Waals surface area (Å²) in [6.07, 6.45) is -15.9. The molecule has 0 saturated carbocycles. The molecule has 0 aliphatic carbocycles. The molecule has 242 valence electrons. The number of carbonyl (C=O) groups excluding carboxylic acids is 2. The lowest BCUT2D eigenvalue weighted by atomic mass is 9.89. The Morgan fingerprint density at radius 3 is 2.56 bits per heavy atom. The van der Waals surface area contributed by atoms with E-state index in [1.165, 1.54) is 6.07 Å². The molecule has 1 aromatic heterocycles. The van der Waals surface area contributed by atoms with Crippen molar-refractivity contribution in [3.05, 3.63) is 22.7 Å². The van der Waals surface area contributed by atoms with Crippen LogP contribution in [0.15, 0.2) is 17.1 Å². The smallest absolute Gasteiger partial charge is 0.475 e. The van der Waals surface area contributed by atoms with Gasteiger partial charge in [-0.15, -0.1) is 0 Å². The minimum Gasteiger partial charge on any atom is -0.481 e. The number of ether oxygens (including phenoxy) is 2. The molecule has 2 saturated heterocycles. The highest BCUT2D eigenvalue weighted by Gasteiger charge is 2.55. The number of phosphoric acid groups is 1. The zero-order valence-electron chi connectivity index (χ0n) is 21.9. The first-order valence-electron chi connectivity index (χ1n) is 12.4. The number of hydrogen-bond acceptors (Lipinski definition) is 17. The Morgan fingerprint density at radius 2 is 1.98 bits per heavy atom. The third-order valence-electron chi connectivity index (χ3n) is 6.47. The highest BCUT2D eigenvalue weighted by molar-refractivity contribution is 7.47. The third kappa shape index (κ3) is 8.17. The fourth-order valence-corrected chi connectivity index (χ4v) is 5.35. The molecule has 0 radical (unpaired) electrons. The van der Waals surface area contributed by atoms with Gasteiger partial charge in [0.05, 0.1) is 25.4 Å². The van der Waals surface area contributed by atoms with Crippen LogP contribution in [0, 0.1) is 0 Å². The van der Waals surface area contributed by atoms with Gasteiger partial charge in [-0.25, -0.2) is 13.9 Å². The minimum atomic E-state index is -5.43. The van der Waals surface area contributed by atoms with Crippen molar-refractivity contribution in [3.63, 3.8) is 0 Å². The van der Waals surface area contributed by atoms with Crippen LogP contribution in [-0.2, 0) is 37.5 Å². The van der Waals surface area contributed by atoms with E-state index in [9.17, 15) is 59.3 Å². The van der Waals surface area contributed by atoms with Crippen molar-refractivity contribution in [3.8, 4) is 0 Å². The standard InChI is InChI=1S/C21H31N4O17P/c22-11-1-2-25(20(36)23-11)19-17(35)16(34)10(40-19)6-39-43(37,38)42-21(7-27)4-8(28)14(24-12(30)3-13(31)32)18(41-21)15(33)9(29)5-26/h1-2,7-10,14-19,26,28-29,33-35H,3-6H2,(H,24,30)(H,31,32)(H,37,38)(H2,22,23,36)/t8-,9-,10?,14-,15-,16-,17-,18?,19?,21?/m1/s1. The van der Waals surface area contributed by atoms with Crippen molar-refractivity contribution in [2.45, 2.75) is 73.6 Å². The number of aliphatic hydroxyl groups excluding tert-OH is 6. The quantitative estimate of drug-likeness (QED) is 0.0544. The normalized spacial score (nSPS) is 33.7. The second-order valence-corrected chi connectivity index (χ2v) is 11.0. The Kier molecular flexibility index (Phi) is 11.1. The first kappa shape index (κ1) is 34.6. The molecule has 0 bridgehead atoms. The predicted molar refractivity (Wildman–Crippen MR) is 133 cm³/mol. The maximum absolute atomic E-state index is 12.8. The zero-order valence-corrected chi connectivity index (χ0v) is 22.8. The number of phosphoric ester groups is 1. The highest BCUT2D eigenvalue weighted by atomic mass is 31.2. The number of aliphatic carboxylic acids is 1. The molecule has 22 heteroatoms. The summed E-state index contributed by atoms with van der Waals surface area (Å²) < 4.78 is 33.9. The largest absolute Gasteiger partial charge is 0.481 e. The Balaban J connectivity index is 1.76. The molecule has 2 aliphatic rings. The highest BCUT2D eigenvalue weighted by Crippen LogP contribution is 2.50. The second-order valence-electron chi connectivity index (χ2n) is 9.63. The van der Waals surface area contributed by atoms with Gasteiger partial charge in [-0.05, 0) is 6.07 Å². The molecule has 2 aliphatic heterocycles. The Bertz CT molecular complexity index is 1280. The van der Waals surface area contributed by atoms with Gasteiger partial charge in [-0.1, -0.05) is 0 Å². The zero-order chi connectivity index (χ0) is 32.3. The average molecular weight is 642 g/mol. The van der Waals surface area contributed by atoms with Crippen molar-refractivity contribution < 1.29 is 78.1 Å². The fraction of sp³-hybridized carbons (Fsp3) is 0.667. The maximum Gasteiger partial charge on any atom is 0.475 e. The summed E-state index contributed by atoms with van der Waals surface area (Å²) in [4.78, 5) is 60.8. The molecule has 0 aromatic carbocycles. The number of anilines is 1. The molecule has 2 fully saturated rings. The van der Waals surface area contributed by atoms with E-state index in [0.29, 0.717) is 0 Å². The lowest BCUT2D eigenvalue weighted by Gasteiger charge is -2.46. The Morgan fingerprint density at radius 1 is 1.30 bits per heavy atom. The molecule has 21 nitrogen and oxygen atoms in total. The van der Waals surface area contributed by atoms with Crippen LogP contribution in [0.25, 0.3) is 0 Å². The molecule has 1 aromatic rings. The molecular weight excluding hydrogens is 611 g/mol. The second kappa shape index (κ2) is 13.8. The third-order valence-corrected chi connectivity index (χ3v) is 7.48. The van der Waals surface area contributed by atoms with Gasteiger partial charge >= 0.3 is 19.5 Å². The number of aromatic nitrogens is 2. The number of amides is 1. The number of carbonyl (C=O) groups is 3. The summed E-state index contributed by atoms with van der Waals surface area (Å²) in [5, 5.41) is 71.7. The number of carboxylic acid groups (broad SMARTS) is 1. The van der Waals surface area contributed by atoms with Gasteiger partial charge < -0.3 is 61.2 Å². The van der Waals surface area contributed by atoms with Crippen LogP contribution in [0.4, 0.5) is 5.82 Å². The van der Waals surface area contributed by atoms with Crippen LogP contribution in [-0.4, -0.2) is 136 Å². The maximum atomic E-state index is 12.8. The van der Waals surface area contributed by atoms with E-state index in [2.05, 4.69) is 4.98 Å². The van der Waals surface area contributed by atoms with Crippen LogP contribution in [0.2, 0.25) is 0 Å². The van der Waals surface area contributed by atoms with Crippen LogP contribution < -0.4 is 16.7 Å². The van der Waals surface area contributed by atoms with E-state index in [4.69, 9.17) is 29.4 Å². The van der Waals surface area contributed by atoms with E-state index in [1.54, 1.807) is 0 Å². The van der Waals surface area contributed by atoms with Crippen molar-refractivity contribution >= 4 is 31.8 Å². The summed E-state index contributed by atoms with van der Waals surface area (Å²) in [6.45, 7) is -2.07. The van der Waals surface area contributed by atoms with Crippen molar-refractivity contribution in [2.24, 2.45) is 0 Å². The lowest BCUT2D eigenvalue weighted by molar-refractivity contribution is -0.274. The first-order valence-corrected chi connectivity index (χ1v) is 13.9. The van der Waals surface area contributed by atoms with Gasteiger partial charge in [0.15, 0.2) is 12.5 Å². The average Bonchev–Trinajstić information content (AvgIpc) is 3.20. The van der Waals surface area contributed by atoms with E-state index in [1.807, 2.05) is 5.32 Å². The molecule has 3 rings (SSSR count). The molecule has 1 amide bonds. The molecule has 43 heavy (non-hydrogen) atoms. The number of nitrogens with zero attached hydrogens (tertiary/aromatic N) is 2. The molecular formula is C21H31N4O17P. The minimum absolute atomic E-state index is 0.138. The van der Waals surface area contributed by atoms with Crippen LogP contribution in [0.5, 0.6) is 0 Å². The Labute approximate surface area is 240 Å². The van der Waals surface area contributed by atoms with Crippen molar-refractivity contribution in [1.82, 2.24) is 14.9 Å². The van der Waals surface area contributed by atoms with E-state index in [0.717, 1.165) is 10.8 Å². The summed E-state index contributed by atoms with van der Waals surface area (Å²) in [5.74, 6) is -5.77. The van der Waals surface area contributed by atoms with Crippen LogP contribution in [0.3, 0.4) is 0 Å². The monoisotopic (exact) mass is 642 g/mol. The molecule has 0 spiro atoms. The number of aliphatic hydroxyl groups is 6. The summed E-state index contributed by atoms with van der Waals surface area (Å²) in [6, 6.07) is -0.516. The number of carboxylic acids is 1. The lowest BCUT2D eigenvalue weighted by Crippen LogP contribution is -2.66. The number of aldehydes is 1. The van der Waals surface area contributed by atoms with Gasteiger partial charge in [-0.3, -0.25) is 23.5 Å². The SMILES string of the molecule is Nc1ccn(C2OC(COP(=O)(O)OC3(C=O)C[C@@H](O)[C@@H](NC(=O)CC(=O)O)C([C@H](O)[C@H](O)CO)O3)[C@@H](O)[C@H]2O)c(=O)n1. The number of hydrogen-bond donors (Lipinski definition) is 10. The number of nitrogens with two attached hydrogens (primary N) is 1. The van der Waals surface area contributed by atoms with E-state index in [-0.39, 0.29) is 12.1 Å². The van der Waals surface area contributed by atoms with E-state index < -0.39 is 112 Å². The predicted octanol–water partition coefficient (Wildman–Crippen LogP) is -5.70. The van der Waals surface area contributed by atoms with Crippen LogP contribution >= 0.6 is 7.82 Å². The van der Waals surface area contributed by atoms with Gasteiger partial charge in [0.1, 0.15) is 48.9 Å². The molecule has 3 heterocycles. The molecule has 5 unspecified atom stereocenters. The van der Waals surface area contributed by atoms with E-state index >= 15 is 0 Å². The van der Waals surface area contributed by atoms with Crippen molar-refractivity contribution in [2.75, 3.05) is 18.9 Å². The molecule has 11 atom stereocenters. The first-order chi connectivity index (χ1) is 20.0. The summed E-state index contributed by atoms with van der Waals surface area (Å²) in [5.41, 5.74) is 4.46. The summed E-state index contributed by atoms with van der Waals surface area (Å²) >= 11 is 0. The van der Waals surface area contributed by atoms with Gasteiger partial charge in [0, 0.05) is 12.6 Å². The van der Waals surface area contributed by atoms with Gasteiger partial charge in [0.25, 0.3) is 0 Å². The van der Waals surface area contributed by atoms with Gasteiger partial charge in [-0.2, -0.15) is 4.98 Å². The van der Waals surface area contributed by atoms with Crippen molar-refractivity contribution in [1.29, 1.82) is 0 Å². The fourth-order valence-electron chi connectivity index (χ4n) is 4.41. The number of rotatable bonds is 13. The van der Waals surface area contributed by atoms with Gasteiger partial charge in [0.2, 0.25) is 11.7 Å².